The first-order chi connectivity index (χ1) is 8.26. The minimum absolute atomic E-state index is 0.352. The Morgan fingerprint density at radius 2 is 2.29 bits per heavy atom. The van der Waals surface area contributed by atoms with Crippen molar-refractivity contribution >= 4 is 0 Å². The molecule has 0 bridgehead atoms. The molecule has 2 rings (SSSR count). The van der Waals surface area contributed by atoms with E-state index in [0.29, 0.717) is 12.0 Å². The standard InChI is InChI=1S/C14H22N2O/c1-3-5-11-8-9-16(15)14(11)12-6-4-7-13(10-12)17-2/h4,6-7,10-11,14H,3,5,8-9,15H2,1-2H3/t11-,14-/m1/s1. The van der Waals surface area contributed by atoms with Crippen molar-refractivity contribution in [2.24, 2.45) is 11.8 Å². The molecule has 1 aliphatic rings. The minimum Gasteiger partial charge on any atom is -0.497 e. The minimum atomic E-state index is 0.352. The Morgan fingerprint density at radius 3 is 3.00 bits per heavy atom. The first-order valence-electron chi connectivity index (χ1n) is 6.41. The van der Waals surface area contributed by atoms with E-state index in [1.54, 1.807) is 7.11 Å². The van der Waals surface area contributed by atoms with Crippen LogP contribution in [0.1, 0.15) is 37.8 Å². The van der Waals surface area contributed by atoms with Crippen molar-refractivity contribution in [3.8, 4) is 5.75 Å². The van der Waals surface area contributed by atoms with Gasteiger partial charge in [-0.2, -0.15) is 0 Å². The van der Waals surface area contributed by atoms with E-state index >= 15 is 0 Å². The van der Waals surface area contributed by atoms with E-state index in [2.05, 4.69) is 19.1 Å². The van der Waals surface area contributed by atoms with E-state index in [0.717, 1.165) is 12.3 Å². The van der Waals surface area contributed by atoms with Gasteiger partial charge in [-0.15, -0.1) is 0 Å². The molecule has 1 aromatic carbocycles. The molecule has 1 fully saturated rings. The van der Waals surface area contributed by atoms with E-state index in [9.17, 15) is 0 Å². The molecule has 1 heterocycles. The number of hydrazine groups is 1. The van der Waals surface area contributed by atoms with Crippen LogP contribution in [0, 0.1) is 5.92 Å². The Labute approximate surface area is 104 Å². The Balaban J connectivity index is 2.22. The summed E-state index contributed by atoms with van der Waals surface area (Å²) in [5, 5.41) is 1.98. The smallest absolute Gasteiger partial charge is 0.119 e. The highest BCUT2D eigenvalue weighted by Crippen LogP contribution is 2.38. The Morgan fingerprint density at radius 1 is 1.47 bits per heavy atom. The van der Waals surface area contributed by atoms with Gasteiger partial charge in [0, 0.05) is 6.54 Å². The van der Waals surface area contributed by atoms with Crippen LogP contribution in [0.5, 0.6) is 5.75 Å². The topological polar surface area (TPSA) is 38.5 Å². The van der Waals surface area contributed by atoms with E-state index in [1.807, 2.05) is 17.1 Å². The summed E-state index contributed by atoms with van der Waals surface area (Å²) < 4.78 is 5.29. The summed E-state index contributed by atoms with van der Waals surface area (Å²) in [6.07, 6.45) is 3.67. The molecular formula is C14H22N2O. The maximum Gasteiger partial charge on any atom is 0.119 e. The summed E-state index contributed by atoms with van der Waals surface area (Å²) in [4.78, 5) is 0. The molecule has 0 aromatic heterocycles. The van der Waals surface area contributed by atoms with Crippen LogP contribution in [0.3, 0.4) is 0 Å². The lowest BCUT2D eigenvalue weighted by Gasteiger charge is -2.25. The molecule has 0 spiro atoms. The maximum absolute atomic E-state index is 6.12. The van der Waals surface area contributed by atoms with Crippen molar-refractivity contribution in [1.82, 2.24) is 5.01 Å². The molecule has 2 atom stereocenters. The molecule has 1 saturated heterocycles. The van der Waals surface area contributed by atoms with Crippen molar-refractivity contribution in [2.45, 2.75) is 32.2 Å². The van der Waals surface area contributed by atoms with Gasteiger partial charge >= 0.3 is 0 Å². The van der Waals surface area contributed by atoms with Crippen molar-refractivity contribution in [3.63, 3.8) is 0 Å². The number of hydrogen-bond acceptors (Lipinski definition) is 3. The number of hydrogen-bond donors (Lipinski definition) is 1. The van der Waals surface area contributed by atoms with Crippen molar-refractivity contribution in [2.75, 3.05) is 13.7 Å². The second-order valence-corrected chi connectivity index (χ2v) is 4.80. The highest BCUT2D eigenvalue weighted by Gasteiger charge is 2.32. The van der Waals surface area contributed by atoms with Gasteiger partial charge in [0.15, 0.2) is 0 Å². The summed E-state index contributed by atoms with van der Waals surface area (Å²) >= 11 is 0. The van der Waals surface area contributed by atoms with Crippen LogP contribution in [-0.2, 0) is 0 Å². The molecule has 3 nitrogen and oxygen atoms in total. The lowest BCUT2D eigenvalue weighted by molar-refractivity contribution is 0.228. The molecule has 1 aliphatic heterocycles. The van der Waals surface area contributed by atoms with Gasteiger partial charge in [0.05, 0.1) is 13.2 Å². The van der Waals surface area contributed by atoms with Crippen LogP contribution in [0.25, 0.3) is 0 Å². The van der Waals surface area contributed by atoms with Crippen molar-refractivity contribution < 1.29 is 4.74 Å². The monoisotopic (exact) mass is 234 g/mol. The predicted molar refractivity (Wildman–Crippen MR) is 69.6 cm³/mol. The maximum atomic E-state index is 6.12. The van der Waals surface area contributed by atoms with Crippen LogP contribution >= 0.6 is 0 Å². The van der Waals surface area contributed by atoms with E-state index in [-0.39, 0.29) is 0 Å². The van der Waals surface area contributed by atoms with Crippen molar-refractivity contribution in [1.29, 1.82) is 0 Å². The van der Waals surface area contributed by atoms with Gasteiger partial charge in [-0.25, -0.2) is 5.01 Å². The third kappa shape index (κ3) is 2.61. The molecule has 2 N–H and O–H groups in total. The molecule has 94 valence electrons. The second-order valence-electron chi connectivity index (χ2n) is 4.80. The summed E-state index contributed by atoms with van der Waals surface area (Å²) in [7, 11) is 1.71. The van der Waals surface area contributed by atoms with E-state index < -0.39 is 0 Å². The lowest BCUT2D eigenvalue weighted by atomic mass is 9.90. The van der Waals surface area contributed by atoms with Crippen LogP contribution in [0.2, 0.25) is 0 Å². The number of ether oxygens (including phenoxy) is 1. The van der Waals surface area contributed by atoms with Gasteiger partial charge in [-0.05, 0) is 36.5 Å². The highest BCUT2D eigenvalue weighted by atomic mass is 16.5. The number of benzene rings is 1. The fraction of sp³-hybridized carbons (Fsp3) is 0.571. The molecule has 3 heteroatoms. The lowest BCUT2D eigenvalue weighted by Crippen LogP contribution is -2.32. The quantitative estimate of drug-likeness (QED) is 0.814. The van der Waals surface area contributed by atoms with E-state index in [1.165, 1.54) is 24.8 Å². The first kappa shape index (κ1) is 12.4. The Bertz CT molecular complexity index is 365. The second kappa shape index (κ2) is 5.52. The summed E-state index contributed by atoms with van der Waals surface area (Å²) in [5.41, 5.74) is 1.28. The Kier molecular flexibility index (Phi) is 4.02. The third-order valence-corrected chi connectivity index (χ3v) is 3.66. The fourth-order valence-electron chi connectivity index (χ4n) is 2.84. The third-order valence-electron chi connectivity index (χ3n) is 3.66. The van der Waals surface area contributed by atoms with Gasteiger partial charge in [0.1, 0.15) is 5.75 Å². The largest absolute Gasteiger partial charge is 0.497 e. The summed E-state index contributed by atoms with van der Waals surface area (Å²) in [5.74, 6) is 7.71. The molecule has 0 aliphatic carbocycles. The number of nitrogens with two attached hydrogens (primary N) is 1. The van der Waals surface area contributed by atoms with Crippen molar-refractivity contribution in [3.05, 3.63) is 29.8 Å². The normalized spacial score (nSPS) is 25.1. The van der Waals surface area contributed by atoms with E-state index in [4.69, 9.17) is 10.6 Å². The number of rotatable bonds is 4. The molecule has 0 saturated carbocycles. The van der Waals surface area contributed by atoms with Gasteiger partial charge < -0.3 is 4.74 Å². The highest BCUT2D eigenvalue weighted by molar-refractivity contribution is 5.31. The zero-order valence-corrected chi connectivity index (χ0v) is 10.7. The zero-order chi connectivity index (χ0) is 12.3. The summed E-state index contributed by atoms with van der Waals surface area (Å²) in [6.45, 7) is 3.23. The fourth-order valence-corrected chi connectivity index (χ4v) is 2.84. The zero-order valence-electron chi connectivity index (χ0n) is 10.7. The average Bonchev–Trinajstić information content (AvgIpc) is 2.71. The van der Waals surface area contributed by atoms with Gasteiger partial charge in [0.2, 0.25) is 0 Å². The van der Waals surface area contributed by atoms with Crippen LogP contribution in [0.15, 0.2) is 24.3 Å². The molecule has 0 unspecified atom stereocenters. The first-order valence-corrected chi connectivity index (χ1v) is 6.41. The molecular weight excluding hydrogens is 212 g/mol. The Hall–Kier alpha value is -1.06. The number of methoxy groups -OCH3 is 1. The summed E-state index contributed by atoms with van der Waals surface area (Å²) in [6, 6.07) is 8.64. The SMILES string of the molecule is CCC[C@@H]1CCN(N)[C@H]1c1cccc(OC)c1. The molecule has 1 aromatic rings. The predicted octanol–water partition coefficient (Wildman–Crippen LogP) is 2.73. The van der Waals surface area contributed by atoms with Crippen LogP contribution in [0.4, 0.5) is 0 Å². The van der Waals surface area contributed by atoms with Gasteiger partial charge in [0.25, 0.3) is 0 Å². The van der Waals surface area contributed by atoms with Crippen LogP contribution in [-0.4, -0.2) is 18.7 Å². The molecule has 17 heavy (non-hydrogen) atoms. The molecule has 0 amide bonds. The molecule has 0 radical (unpaired) electrons. The average molecular weight is 234 g/mol. The number of nitrogens with zero attached hydrogens (tertiary/aromatic N) is 1. The van der Waals surface area contributed by atoms with Gasteiger partial charge in [-0.1, -0.05) is 25.5 Å². The van der Waals surface area contributed by atoms with Gasteiger partial charge in [-0.3, -0.25) is 5.84 Å². The van der Waals surface area contributed by atoms with Crippen LogP contribution < -0.4 is 10.6 Å².